The molecule has 2 saturated carbocycles. The van der Waals surface area contributed by atoms with E-state index in [1.807, 2.05) is 18.2 Å². The SMILES string of the molecule is COC(=O)c1ccc(-c2cccc(OC3CC3)c2)c([C@H]2CCCC2(C)C)c1. The first-order chi connectivity index (χ1) is 13.0. The molecule has 0 spiro atoms. The van der Waals surface area contributed by atoms with E-state index in [1.54, 1.807) is 0 Å². The number of ether oxygens (including phenoxy) is 2. The molecule has 2 aliphatic carbocycles. The zero-order chi connectivity index (χ0) is 19.0. The normalized spacial score (nSPS) is 21.1. The summed E-state index contributed by atoms with van der Waals surface area (Å²) in [7, 11) is 1.44. The average Bonchev–Trinajstić information content (AvgIpc) is 3.41. The number of carbonyl (C=O) groups excluding carboxylic acids is 1. The van der Waals surface area contributed by atoms with Gasteiger partial charge in [-0.1, -0.05) is 38.5 Å². The third-order valence-corrected chi connectivity index (χ3v) is 6.08. The van der Waals surface area contributed by atoms with Gasteiger partial charge in [-0.05, 0) is 78.0 Å². The maximum atomic E-state index is 12.1. The standard InChI is InChI=1S/C24H28O3/c1-24(2)13-5-8-22(24)21-15-17(23(25)26-3)9-12-20(21)16-6-4-7-19(14-16)27-18-10-11-18/h4,6-7,9,12,14-15,18,22H,5,8,10-11,13H2,1-3H3/t22-/m1/s1. The van der Waals surface area contributed by atoms with E-state index in [-0.39, 0.29) is 11.4 Å². The minimum Gasteiger partial charge on any atom is -0.490 e. The Bertz CT molecular complexity index is 848. The fourth-order valence-electron chi connectivity index (χ4n) is 4.38. The van der Waals surface area contributed by atoms with Crippen LogP contribution >= 0.6 is 0 Å². The Morgan fingerprint density at radius 1 is 1.07 bits per heavy atom. The lowest BCUT2D eigenvalue weighted by atomic mass is 9.75. The quantitative estimate of drug-likeness (QED) is 0.613. The van der Waals surface area contributed by atoms with Crippen LogP contribution in [0.5, 0.6) is 5.75 Å². The van der Waals surface area contributed by atoms with Crippen molar-refractivity contribution in [2.75, 3.05) is 7.11 Å². The summed E-state index contributed by atoms with van der Waals surface area (Å²) in [5, 5.41) is 0. The van der Waals surface area contributed by atoms with E-state index >= 15 is 0 Å². The van der Waals surface area contributed by atoms with E-state index in [0.29, 0.717) is 17.6 Å². The van der Waals surface area contributed by atoms with E-state index < -0.39 is 0 Å². The van der Waals surface area contributed by atoms with Crippen LogP contribution in [-0.2, 0) is 4.74 Å². The van der Waals surface area contributed by atoms with Gasteiger partial charge in [-0.2, -0.15) is 0 Å². The molecule has 3 nitrogen and oxygen atoms in total. The highest BCUT2D eigenvalue weighted by Crippen LogP contribution is 2.51. The number of esters is 1. The molecule has 0 unspecified atom stereocenters. The van der Waals surface area contributed by atoms with Crippen molar-refractivity contribution in [2.45, 2.75) is 58.0 Å². The van der Waals surface area contributed by atoms with Crippen LogP contribution in [0.2, 0.25) is 0 Å². The Labute approximate surface area is 161 Å². The maximum Gasteiger partial charge on any atom is 0.337 e. The lowest BCUT2D eigenvalue weighted by Gasteiger charge is -2.29. The molecule has 4 rings (SSSR count). The molecule has 0 heterocycles. The number of benzene rings is 2. The van der Waals surface area contributed by atoms with Crippen LogP contribution in [-0.4, -0.2) is 19.2 Å². The van der Waals surface area contributed by atoms with E-state index in [1.165, 1.54) is 31.1 Å². The predicted octanol–water partition coefficient (Wildman–Crippen LogP) is 5.98. The van der Waals surface area contributed by atoms with Crippen molar-refractivity contribution in [1.82, 2.24) is 0 Å². The van der Waals surface area contributed by atoms with Crippen LogP contribution in [0, 0.1) is 5.41 Å². The first-order valence-electron chi connectivity index (χ1n) is 9.97. The molecule has 142 valence electrons. The molecule has 0 aliphatic heterocycles. The molecule has 0 aromatic heterocycles. The van der Waals surface area contributed by atoms with Crippen LogP contribution in [0.25, 0.3) is 11.1 Å². The van der Waals surface area contributed by atoms with Crippen molar-refractivity contribution in [2.24, 2.45) is 5.41 Å². The third kappa shape index (κ3) is 3.73. The fourth-order valence-corrected chi connectivity index (χ4v) is 4.38. The summed E-state index contributed by atoms with van der Waals surface area (Å²) in [6.07, 6.45) is 6.28. The molecule has 3 heteroatoms. The minimum absolute atomic E-state index is 0.228. The highest BCUT2D eigenvalue weighted by Gasteiger charge is 2.37. The number of hydrogen-bond acceptors (Lipinski definition) is 3. The van der Waals surface area contributed by atoms with Gasteiger partial charge in [-0.3, -0.25) is 0 Å². The van der Waals surface area contributed by atoms with Gasteiger partial charge in [0.1, 0.15) is 5.75 Å². The van der Waals surface area contributed by atoms with E-state index in [0.717, 1.165) is 30.6 Å². The largest absolute Gasteiger partial charge is 0.490 e. The lowest BCUT2D eigenvalue weighted by molar-refractivity contribution is 0.0600. The Balaban J connectivity index is 1.78. The van der Waals surface area contributed by atoms with Crippen molar-refractivity contribution in [3.05, 3.63) is 53.6 Å². The third-order valence-electron chi connectivity index (χ3n) is 6.08. The Kier molecular flexibility index (Phi) is 4.71. The van der Waals surface area contributed by atoms with Gasteiger partial charge in [-0.25, -0.2) is 4.79 Å². The molecule has 2 aliphatic rings. The van der Waals surface area contributed by atoms with Gasteiger partial charge in [0, 0.05) is 0 Å². The van der Waals surface area contributed by atoms with Crippen molar-refractivity contribution in [3.8, 4) is 16.9 Å². The fraction of sp³-hybridized carbons (Fsp3) is 0.458. The molecule has 2 aromatic carbocycles. The van der Waals surface area contributed by atoms with Crippen LogP contribution in [0.15, 0.2) is 42.5 Å². The summed E-state index contributed by atoms with van der Waals surface area (Å²) in [6.45, 7) is 4.68. The molecule has 0 bridgehead atoms. The molecule has 0 radical (unpaired) electrons. The van der Waals surface area contributed by atoms with Crippen molar-refractivity contribution in [1.29, 1.82) is 0 Å². The Morgan fingerprint density at radius 3 is 2.56 bits per heavy atom. The summed E-state index contributed by atoms with van der Waals surface area (Å²) in [5.74, 6) is 1.10. The second-order valence-electron chi connectivity index (χ2n) is 8.57. The van der Waals surface area contributed by atoms with E-state index in [4.69, 9.17) is 9.47 Å². The topological polar surface area (TPSA) is 35.5 Å². The van der Waals surface area contributed by atoms with Crippen LogP contribution in [0.1, 0.15) is 67.8 Å². The lowest BCUT2D eigenvalue weighted by Crippen LogP contribution is -2.17. The number of hydrogen-bond donors (Lipinski definition) is 0. The molecular formula is C24H28O3. The summed E-state index contributed by atoms with van der Waals surface area (Å²) in [4.78, 5) is 12.1. The van der Waals surface area contributed by atoms with Crippen LogP contribution < -0.4 is 4.74 Å². The van der Waals surface area contributed by atoms with Gasteiger partial charge in [-0.15, -0.1) is 0 Å². The molecule has 0 amide bonds. The zero-order valence-corrected chi connectivity index (χ0v) is 16.5. The van der Waals surface area contributed by atoms with Crippen molar-refractivity contribution in [3.63, 3.8) is 0 Å². The summed E-state index contributed by atoms with van der Waals surface area (Å²) in [5.41, 5.74) is 4.46. The molecule has 27 heavy (non-hydrogen) atoms. The number of rotatable bonds is 5. The van der Waals surface area contributed by atoms with Gasteiger partial charge < -0.3 is 9.47 Å². The van der Waals surface area contributed by atoms with Crippen LogP contribution in [0.4, 0.5) is 0 Å². The average molecular weight is 364 g/mol. The second kappa shape index (κ2) is 7.03. The monoisotopic (exact) mass is 364 g/mol. The first kappa shape index (κ1) is 18.1. The van der Waals surface area contributed by atoms with E-state index in [9.17, 15) is 4.79 Å². The number of carbonyl (C=O) groups is 1. The minimum atomic E-state index is -0.274. The first-order valence-corrected chi connectivity index (χ1v) is 9.97. The Hall–Kier alpha value is -2.29. The summed E-state index contributed by atoms with van der Waals surface area (Å²) < 4.78 is 11.0. The van der Waals surface area contributed by atoms with Gasteiger partial charge in [0.15, 0.2) is 0 Å². The predicted molar refractivity (Wildman–Crippen MR) is 107 cm³/mol. The second-order valence-corrected chi connectivity index (χ2v) is 8.57. The van der Waals surface area contributed by atoms with Gasteiger partial charge in [0.2, 0.25) is 0 Å². The highest BCUT2D eigenvalue weighted by atomic mass is 16.5. The maximum absolute atomic E-state index is 12.1. The van der Waals surface area contributed by atoms with Gasteiger partial charge in [0.05, 0.1) is 18.8 Å². The number of methoxy groups -OCH3 is 1. The van der Waals surface area contributed by atoms with Gasteiger partial charge in [0.25, 0.3) is 0 Å². The molecular weight excluding hydrogens is 336 g/mol. The molecule has 1 atom stereocenters. The van der Waals surface area contributed by atoms with Crippen molar-refractivity contribution < 1.29 is 14.3 Å². The summed E-state index contributed by atoms with van der Waals surface area (Å²) >= 11 is 0. The molecule has 0 saturated heterocycles. The van der Waals surface area contributed by atoms with E-state index in [2.05, 4.69) is 38.1 Å². The summed E-state index contributed by atoms with van der Waals surface area (Å²) in [6, 6.07) is 14.4. The Morgan fingerprint density at radius 2 is 1.89 bits per heavy atom. The smallest absolute Gasteiger partial charge is 0.337 e. The molecule has 0 N–H and O–H groups in total. The van der Waals surface area contributed by atoms with Crippen molar-refractivity contribution >= 4 is 5.97 Å². The van der Waals surface area contributed by atoms with Crippen LogP contribution in [0.3, 0.4) is 0 Å². The molecule has 2 aromatic rings. The highest BCUT2D eigenvalue weighted by molar-refractivity contribution is 5.90. The zero-order valence-electron chi connectivity index (χ0n) is 16.5. The van der Waals surface area contributed by atoms with Gasteiger partial charge >= 0.3 is 5.97 Å². The molecule has 2 fully saturated rings.